The Balaban J connectivity index is 1.58. The van der Waals surface area contributed by atoms with Crippen molar-refractivity contribution in [3.8, 4) is 11.8 Å². The Kier molecular flexibility index (Phi) is 4.09. The Morgan fingerprint density at radius 1 is 1.38 bits per heavy atom. The van der Waals surface area contributed by atoms with E-state index < -0.39 is 0 Å². The molecule has 4 nitrogen and oxygen atoms in total. The smallest absolute Gasteiger partial charge is 0.298 e. The number of nitrogens with zero attached hydrogens (tertiary/aromatic N) is 1. The molecule has 1 aromatic rings. The van der Waals surface area contributed by atoms with Gasteiger partial charge in [0.2, 0.25) is 0 Å². The SMILES string of the molecule is O=C1CCOC2(CCN(C(=O)C#Cc3cccs3)CC2)C1. The second-order valence-electron chi connectivity index (χ2n) is 5.52. The molecular weight excluding hydrogens is 286 g/mol. The lowest BCUT2D eigenvalue weighted by atomic mass is 9.84. The van der Waals surface area contributed by atoms with Gasteiger partial charge in [-0.2, -0.15) is 0 Å². The molecule has 3 rings (SSSR count). The van der Waals surface area contributed by atoms with Gasteiger partial charge in [-0.25, -0.2) is 0 Å². The van der Waals surface area contributed by atoms with Gasteiger partial charge in [0.25, 0.3) is 5.91 Å². The number of carbonyl (C=O) groups is 2. The summed E-state index contributed by atoms with van der Waals surface area (Å²) >= 11 is 1.53. The molecule has 0 unspecified atom stereocenters. The molecule has 0 atom stereocenters. The van der Waals surface area contributed by atoms with E-state index in [1.54, 1.807) is 4.90 Å². The van der Waals surface area contributed by atoms with Crippen LogP contribution in [0.1, 0.15) is 30.6 Å². The lowest BCUT2D eigenvalue weighted by molar-refractivity contribution is -0.150. The molecule has 0 N–H and O–H groups in total. The Hall–Kier alpha value is -1.64. The lowest BCUT2D eigenvalue weighted by Crippen LogP contribution is -2.50. The molecule has 110 valence electrons. The number of ether oxygens (including phenoxy) is 1. The number of thiophene rings is 1. The van der Waals surface area contributed by atoms with Crippen LogP contribution in [0.25, 0.3) is 0 Å². The van der Waals surface area contributed by atoms with Crippen molar-refractivity contribution < 1.29 is 14.3 Å². The molecule has 21 heavy (non-hydrogen) atoms. The summed E-state index contributed by atoms with van der Waals surface area (Å²) in [5.74, 6) is 5.72. The van der Waals surface area contributed by atoms with E-state index in [1.165, 1.54) is 11.3 Å². The number of carbonyl (C=O) groups excluding carboxylic acids is 2. The first-order chi connectivity index (χ1) is 10.2. The fraction of sp³-hybridized carbons (Fsp3) is 0.500. The molecule has 1 aromatic heterocycles. The second-order valence-corrected chi connectivity index (χ2v) is 6.46. The van der Waals surface area contributed by atoms with Gasteiger partial charge < -0.3 is 9.64 Å². The number of hydrogen-bond donors (Lipinski definition) is 0. The molecule has 5 heteroatoms. The van der Waals surface area contributed by atoms with Crippen molar-refractivity contribution in [1.82, 2.24) is 4.90 Å². The average molecular weight is 303 g/mol. The maximum atomic E-state index is 12.1. The number of Topliss-reactive ketones (excluding diaryl/α,β-unsaturated/α-hetero) is 1. The van der Waals surface area contributed by atoms with Gasteiger partial charge in [0, 0.05) is 31.9 Å². The van der Waals surface area contributed by atoms with Gasteiger partial charge >= 0.3 is 0 Å². The number of hydrogen-bond acceptors (Lipinski definition) is 4. The fourth-order valence-electron chi connectivity index (χ4n) is 2.86. The molecule has 1 amide bonds. The number of likely N-dealkylation sites (tertiary alicyclic amines) is 1. The van der Waals surface area contributed by atoms with Crippen LogP contribution in [0.2, 0.25) is 0 Å². The molecule has 2 aliphatic heterocycles. The standard InChI is InChI=1S/C16H17NO3S/c18-13-5-10-20-16(12-13)6-8-17(9-7-16)15(19)4-3-14-2-1-11-21-14/h1-2,11H,5-10,12H2. The van der Waals surface area contributed by atoms with Crippen LogP contribution in [0.3, 0.4) is 0 Å². The molecule has 0 aliphatic carbocycles. The highest BCUT2D eigenvalue weighted by Crippen LogP contribution is 2.33. The normalized spacial score (nSPS) is 21.0. The van der Waals surface area contributed by atoms with Gasteiger partial charge in [0.15, 0.2) is 0 Å². The van der Waals surface area contributed by atoms with E-state index in [0.717, 1.165) is 17.7 Å². The largest absolute Gasteiger partial charge is 0.374 e. The van der Waals surface area contributed by atoms with Crippen molar-refractivity contribution >= 4 is 23.0 Å². The quantitative estimate of drug-likeness (QED) is 0.687. The molecule has 2 aliphatic rings. The fourth-order valence-corrected chi connectivity index (χ4v) is 3.43. The Morgan fingerprint density at radius 3 is 2.86 bits per heavy atom. The zero-order valence-electron chi connectivity index (χ0n) is 11.8. The van der Waals surface area contributed by atoms with Crippen LogP contribution >= 0.6 is 11.3 Å². The van der Waals surface area contributed by atoms with Crippen molar-refractivity contribution in [3.05, 3.63) is 22.4 Å². The zero-order chi connectivity index (χ0) is 14.7. The lowest BCUT2D eigenvalue weighted by Gasteiger charge is -2.42. The molecule has 2 saturated heterocycles. The van der Waals surface area contributed by atoms with E-state index in [2.05, 4.69) is 11.8 Å². The minimum absolute atomic E-state index is 0.139. The molecule has 0 saturated carbocycles. The van der Waals surface area contributed by atoms with Crippen LogP contribution in [0.4, 0.5) is 0 Å². The van der Waals surface area contributed by atoms with Crippen molar-refractivity contribution in [2.24, 2.45) is 0 Å². The third kappa shape index (κ3) is 3.34. The molecule has 0 radical (unpaired) electrons. The minimum atomic E-state index is -0.326. The van der Waals surface area contributed by atoms with E-state index in [9.17, 15) is 9.59 Å². The third-order valence-corrected chi connectivity index (χ3v) is 4.87. The summed E-state index contributed by atoms with van der Waals surface area (Å²) in [6, 6.07) is 3.82. The number of amides is 1. The number of ketones is 1. The van der Waals surface area contributed by atoms with Crippen molar-refractivity contribution in [2.75, 3.05) is 19.7 Å². The molecule has 0 aromatic carbocycles. The van der Waals surface area contributed by atoms with E-state index >= 15 is 0 Å². The van der Waals surface area contributed by atoms with Gasteiger partial charge in [-0.15, -0.1) is 11.3 Å². The maximum absolute atomic E-state index is 12.1. The van der Waals surface area contributed by atoms with Gasteiger partial charge in [0.05, 0.1) is 17.1 Å². The van der Waals surface area contributed by atoms with Crippen LogP contribution < -0.4 is 0 Å². The van der Waals surface area contributed by atoms with E-state index in [-0.39, 0.29) is 17.3 Å². The van der Waals surface area contributed by atoms with E-state index in [0.29, 0.717) is 32.5 Å². The first-order valence-electron chi connectivity index (χ1n) is 7.17. The summed E-state index contributed by atoms with van der Waals surface area (Å²) < 4.78 is 5.83. The highest BCUT2D eigenvalue weighted by Gasteiger charge is 2.40. The minimum Gasteiger partial charge on any atom is -0.374 e. The molecular formula is C16H17NO3S. The van der Waals surface area contributed by atoms with Gasteiger partial charge in [-0.05, 0) is 30.2 Å². The summed E-state index contributed by atoms with van der Waals surface area (Å²) in [6.45, 7) is 1.75. The molecule has 1 spiro atoms. The second kappa shape index (κ2) is 6.00. The predicted molar refractivity (Wildman–Crippen MR) is 79.9 cm³/mol. The zero-order valence-corrected chi connectivity index (χ0v) is 12.6. The van der Waals surface area contributed by atoms with Crippen molar-refractivity contribution in [2.45, 2.75) is 31.3 Å². The Morgan fingerprint density at radius 2 is 2.19 bits per heavy atom. The van der Waals surface area contributed by atoms with E-state index in [4.69, 9.17) is 4.74 Å². The first kappa shape index (κ1) is 14.3. The first-order valence-corrected chi connectivity index (χ1v) is 8.05. The highest BCUT2D eigenvalue weighted by molar-refractivity contribution is 7.10. The van der Waals surface area contributed by atoms with Crippen LogP contribution in [0.15, 0.2) is 17.5 Å². The third-order valence-electron chi connectivity index (χ3n) is 4.08. The topological polar surface area (TPSA) is 46.6 Å². The molecule has 2 fully saturated rings. The Bertz CT molecular complexity index is 589. The molecule has 0 bridgehead atoms. The monoisotopic (exact) mass is 303 g/mol. The Labute approximate surface area is 128 Å². The summed E-state index contributed by atoms with van der Waals surface area (Å²) in [5.41, 5.74) is -0.326. The van der Waals surface area contributed by atoms with E-state index in [1.807, 2.05) is 17.5 Å². The highest BCUT2D eigenvalue weighted by atomic mass is 32.1. The maximum Gasteiger partial charge on any atom is 0.298 e. The summed E-state index contributed by atoms with van der Waals surface area (Å²) in [5, 5.41) is 1.94. The van der Waals surface area contributed by atoms with Crippen molar-refractivity contribution in [3.63, 3.8) is 0 Å². The molecule has 3 heterocycles. The number of rotatable bonds is 0. The van der Waals surface area contributed by atoms with Crippen LogP contribution in [0.5, 0.6) is 0 Å². The number of piperidine rings is 1. The summed E-state index contributed by atoms with van der Waals surface area (Å²) in [7, 11) is 0. The van der Waals surface area contributed by atoms with Crippen LogP contribution in [-0.2, 0) is 14.3 Å². The van der Waals surface area contributed by atoms with Crippen molar-refractivity contribution in [1.29, 1.82) is 0 Å². The summed E-state index contributed by atoms with van der Waals surface area (Å²) in [6.07, 6.45) is 2.48. The van der Waals surface area contributed by atoms with Gasteiger partial charge in [-0.1, -0.05) is 6.07 Å². The van der Waals surface area contributed by atoms with Gasteiger partial charge in [0.1, 0.15) is 5.78 Å². The van der Waals surface area contributed by atoms with Crippen LogP contribution in [-0.4, -0.2) is 41.9 Å². The average Bonchev–Trinajstić information content (AvgIpc) is 2.99. The summed E-state index contributed by atoms with van der Waals surface area (Å²) in [4.78, 5) is 26.3. The van der Waals surface area contributed by atoms with Crippen LogP contribution in [0, 0.1) is 11.8 Å². The van der Waals surface area contributed by atoms with Gasteiger partial charge in [-0.3, -0.25) is 9.59 Å². The predicted octanol–water partition coefficient (Wildman–Crippen LogP) is 1.84.